The molecule has 0 aliphatic carbocycles. The molecule has 1 fully saturated rings. The number of amides is 1. The van der Waals surface area contributed by atoms with Crippen molar-refractivity contribution in [2.75, 3.05) is 20.3 Å². The highest BCUT2D eigenvalue weighted by Crippen LogP contribution is 2.35. The van der Waals surface area contributed by atoms with Gasteiger partial charge in [0.15, 0.2) is 0 Å². The lowest BCUT2D eigenvalue weighted by atomic mass is 9.80. The average molecular weight is 470 g/mol. The highest BCUT2D eigenvalue weighted by atomic mass is 32.2. The maximum absolute atomic E-state index is 12.7. The van der Waals surface area contributed by atoms with Crippen LogP contribution in [0.3, 0.4) is 0 Å². The lowest BCUT2D eigenvalue weighted by Gasteiger charge is -2.32. The third kappa shape index (κ3) is 11.9. The second kappa shape index (κ2) is 16.0. The third-order valence-electron chi connectivity index (χ3n) is 6.43. The van der Waals surface area contributed by atoms with Crippen LogP contribution in [-0.4, -0.2) is 42.3 Å². The molecule has 188 valence electrons. The molecule has 1 heterocycles. The largest absolute Gasteiger partial charge is 0.381 e. The van der Waals surface area contributed by atoms with Crippen molar-refractivity contribution in [3.8, 4) is 0 Å². The Balaban J connectivity index is 0.00000118. The number of hydrogen-bond acceptors (Lipinski definition) is 4. The molecule has 32 heavy (non-hydrogen) atoms. The van der Waals surface area contributed by atoms with Crippen molar-refractivity contribution < 1.29 is 14.3 Å². The van der Waals surface area contributed by atoms with E-state index in [2.05, 4.69) is 46.5 Å². The number of unbranched alkanes of at least 4 members (excludes halogenated alkanes) is 4. The summed E-state index contributed by atoms with van der Waals surface area (Å²) in [6.07, 6.45) is 11.0. The Hall–Kier alpha value is -0.780. The van der Waals surface area contributed by atoms with Crippen LogP contribution in [0.1, 0.15) is 100 Å². The summed E-state index contributed by atoms with van der Waals surface area (Å²) in [5.74, 6) is -0.00404. The average Bonchev–Trinajstić information content (AvgIpc) is 2.74. The quantitative estimate of drug-likeness (QED) is 0.241. The SMILES string of the molecule is C=C(/C=C(\C)C(C)(C)C(C)OC)NC(=O)C(C)(C)SC1CCOCC1.CCCCCCC. The number of methoxy groups -OCH3 is 1. The number of nitrogens with one attached hydrogen (secondary N) is 1. The molecule has 5 heteroatoms. The molecule has 4 nitrogen and oxygen atoms in total. The maximum Gasteiger partial charge on any atom is 0.240 e. The number of ether oxygens (including phenoxy) is 2. The summed E-state index contributed by atoms with van der Waals surface area (Å²) in [6, 6.07) is 0. The highest BCUT2D eigenvalue weighted by Gasteiger charge is 2.33. The van der Waals surface area contributed by atoms with E-state index in [9.17, 15) is 4.79 Å². The van der Waals surface area contributed by atoms with Gasteiger partial charge in [0, 0.05) is 36.7 Å². The third-order valence-corrected chi connectivity index (χ3v) is 8.01. The normalized spacial score (nSPS) is 16.7. The van der Waals surface area contributed by atoms with Crippen molar-refractivity contribution in [1.29, 1.82) is 0 Å². The summed E-state index contributed by atoms with van der Waals surface area (Å²) in [5, 5.41) is 3.44. The van der Waals surface area contributed by atoms with Crippen molar-refractivity contribution in [2.45, 2.75) is 116 Å². The molecule has 0 bridgehead atoms. The molecule has 1 aliphatic heterocycles. The topological polar surface area (TPSA) is 47.6 Å². The fraction of sp³-hybridized carbons (Fsp3) is 0.815. The van der Waals surface area contributed by atoms with E-state index >= 15 is 0 Å². The molecule has 1 atom stereocenters. The first-order valence-electron chi connectivity index (χ1n) is 12.4. The van der Waals surface area contributed by atoms with Crippen molar-refractivity contribution in [1.82, 2.24) is 5.32 Å². The predicted molar refractivity (Wildman–Crippen MR) is 141 cm³/mol. The van der Waals surface area contributed by atoms with Crippen LogP contribution in [0, 0.1) is 5.41 Å². The molecule has 1 aliphatic rings. The van der Waals surface area contributed by atoms with Crippen molar-refractivity contribution in [3.05, 3.63) is 23.9 Å². The van der Waals surface area contributed by atoms with Crippen LogP contribution in [0.5, 0.6) is 0 Å². The molecule has 0 saturated carbocycles. The molecule has 0 aromatic heterocycles. The molecule has 1 saturated heterocycles. The molecule has 0 aromatic rings. The zero-order chi connectivity index (χ0) is 24.8. The zero-order valence-electron chi connectivity index (χ0n) is 22.4. The molecule has 0 spiro atoms. The first kappa shape index (κ1) is 31.2. The van der Waals surface area contributed by atoms with E-state index in [0.717, 1.165) is 31.6 Å². The molecular weight excluding hydrogens is 418 g/mol. The molecular formula is C27H51NO3S. The molecule has 0 radical (unpaired) electrons. The number of carbonyl (C=O) groups is 1. The van der Waals surface area contributed by atoms with E-state index in [1.807, 2.05) is 26.8 Å². The van der Waals surface area contributed by atoms with Gasteiger partial charge in [0.1, 0.15) is 0 Å². The monoisotopic (exact) mass is 469 g/mol. The number of hydrogen-bond donors (Lipinski definition) is 1. The summed E-state index contributed by atoms with van der Waals surface area (Å²) < 4.78 is 10.4. The summed E-state index contributed by atoms with van der Waals surface area (Å²) in [7, 11) is 1.71. The minimum atomic E-state index is -0.498. The van der Waals surface area contributed by atoms with Gasteiger partial charge < -0.3 is 14.8 Å². The standard InChI is InChI=1S/C20H35NO3S.C7H16/c1-14(19(4,5)16(3)23-8)13-15(2)21-18(22)20(6,7)25-17-9-11-24-12-10-17;1-3-5-7-6-4-2/h13,16-17H,2,9-12H2,1,3-8H3,(H,21,22);3-7H2,1-2H3/b14-13+;. The number of allylic oxidation sites excluding steroid dienone is 1. The van der Waals surface area contributed by atoms with E-state index in [4.69, 9.17) is 9.47 Å². The van der Waals surface area contributed by atoms with Gasteiger partial charge in [-0.15, -0.1) is 11.8 Å². The number of thioether (sulfide) groups is 1. The Kier molecular flexibility index (Phi) is 15.6. The van der Waals surface area contributed by atoms with Crippen LogP contribution in [0.25, 0.3) is 0 Å². The summed E-state index contributed by atoms with van der Waals surface area (Å²) >= 11 is 1.73. The van der Waals surface area contributed by atoms with E-state index in [1.165, 1.54) is 32.1 Å². The Morgan fingerprint density at radius 1 is 1.16 bits per heavy atom. The van der Waals surface area contributed by atoms with Crippen molar-refractivity contribution >= 4 is 17.7 Å². The Morgan fingerprint density at radius 3 is 2.16 bits per heavy atom. The van der Waals surface area contributed by atoms with Gasteiger partial charge in [0.25, 0.3) is 0 Å². The maximum atomic E-state index is 12.7. The van der Waals surface area contributed by atoms with E-state index in [-0.39, 0.29) is 17.4 Å². The van der Waals surface area contributed by atoms with Gasteiger partial charge in [-0.25, -0.2) is 0 Å². The van der Waals surface area contributed by atoms with Gasteiger partial charge in [0.05, 0.1) is 10.9 Å². The smallest absolute Gasteiger partial charge is 0.240 e. The first-order chi connectivity index (χ1) is 14.9. The highest BCUT2D eigenvalue weighted by molar-refractivity contribution is 8.01. The minimum absolute atomic E-state index is 0.00404. The second-order valence-electron chi connectivity index (χ2n) is 9.91. The minimum Gasteiger partial charge on any atom is -0.381 e. The van der Waals surface area contributed by atoms with Gasteiger partial charge in [-0.1, -0.05) is 72.0 Å². The van der Waals surface area contributed by atoms with E-state index < -0.39 is 4.75 Å². The zero-order valence-corrected chi connectivity index (χ0v) is 23.3. The summed E-state index contributed by atoms with van der Waals surface area (Å²) in [5.41, 5.74) is 1.62. The van der Waals surface area contributed by atoms with Crippen LogP contribution >= 0.6 is 11.8 Å². The number of rotatable bonds is 12. The number of carbonyl (C=O) groups excluding carboxylic acids is 1. The fourth-order valence-corrected chi connectivity index (χ4v) is 4.76. The van der Waals surface area contributed by atoms with Gasteiger partial charge in [-0.3, -0.25) is 4.79 Å². The van der Waals surface area contributed by atoms with Gasteiger partial charge in [-0.05, 0) is 46.6 Å². The lowest BCUT2D eigenvalue weighted by molar-refractivity contribution is -0.121. The van der Waals surface area contributed by atoms with Gasteiger partial charge in [0.2, 0.25) is 5.91 Å². The molecule has 0 aromatic carbocycles. The second-order valence-corrected chi connectivity index (χ2v) is 11.8. The molecule has 1 rings (SSSR count). The Bertz CT molecular complexity index is 573. The van der Waals surface area contributed by atoms with Crippen LogP contribution in [0.4, 0.5) is 0 Å². The molecule has 1 unspecified atom stereocenters. The molecule has 1 N–H and O–H groups in total. The van der Waals surface area contributed by atoms with Gasteiger partial charge >= 0.3 is 0 Å². The Morgan fingerprint density at radius 2 is 1.69 bits per heavy atom. The Labute approximate surface area is 203 Å². The summed E-state index contributed by atoms with van der Waals surface area (Å²) in [6.45, 7) is 22.4. The van der Waals surface area contributed by atoms with Crippen LogP contribution in [0.15, 0.2) is 23.9 Å². The lowest BCUT2D eigenvalue weighted by Crippen LogP contribution is -2.41. The predicted octanol–water partition coefficient (Wildman–Crippen LogP) is 7.29. The van der Waals surface area contributed by atoms with Crippen LogP contribution in [-0.2, 0) is 14.3 Å². The van der Waals surface area contributed by atoms with Crippen LogP contribution in [0.2, 0.25) is 0 Å². The first-order valence-corrected chi connectivity index (χ1v) is 13.3. The van der Waals surface area contributed by atoms with Crippen LogP contribution < -0.4 is 5.32 Å². The fourth-order valence-electron chi connectivity index (χ4n) is 3.34. The van der Waals surface area contributed by atoms with E-state index in [1.54, 1.807) is 18.9 Å². The summed E-state index contributed by atoms with van der Waals surface area (Å²) in [4.78, 5) is 12.7. The molecule has 1 amide bonds. The van der Waals surface area contributed by atoms with E-state index in [0.29, 0.717) is 10.9 Å². The van der Waals surface area contributed by atoms with Crippen molar-refractivity contribution in [2.24, 2.45) is 5.41 Å². The van der Waals surface area contributed by atoms with Crippen molar-refractivity contribution in [3.63, 3.8) is 0 Å². The van der Waals surface area contributed by atoms with Gasteiger partial charge in [-0.2, -0.15) is 0 Å².